The number of hydrogen-bond acceptors (Lipinski definition) is 3. The van der Waals surface area contributed by atoms with Gasteiger partial charge in [-0.3, -0.25) is 9.59 Å². The maximum Gasteiger partial charge on any atom is 0.244 e. The van der Waals surface area contributed by atoms with Crippen LogP contribution >= 0.6 is 0 Å². The molecule has 0 aromatic heterocycles. The zero-order chi connectivity index (χ0) is 14.3. The maximum absolute atomic E-state index is 12.3. The summed E-state index contributed by atoms with van der Waals surface area (Å²) < 4.78 is 0. The summed E-state index contributed by atoms with van der Waals surface area (Å²) >= 11 is 0. The molecule has 0 radical (unpaired) electrons. The molecule has 0 aliphatic carbocycles. The van der Waals surface area contributed by atoms with Gasteiger partial charge in [-0.15, -0.1) is 0 Å². The fourth-order valence-electron chi connectivity index (χ4n) is 1.79. The highest BCUT2D eigenvalue weighted by Crippen LogP contribution is 2.13. The summed E-state index contributed by atoms with van der Waals surface area (Å²) in [4.78, 5) is 25.2. The van der Waals surface area contributed by atoms with E-state index in [1.54, 1.807) is 7.05 Å². The smallest absolute Gasteiger partial charge is 0.244 e. The van der Waals surface area contributed by atoms with Crippen molar-refractivity contribution in [1.29, 1.82) is 0 Å². The van der Waals surface area contributed by atoms with Crippen LogP contribution in [-0.4, -0.2) is 36.9 Å². The van der Waals surface area contributed by atoms with Crippen molar-refractivity contribution in [3.8, 4) is 0 Å². The van der Waals surface area contributed by atoms with E-state index in [2.05, 4.69) is 5.32 Å². The summed E-state index contributed by atoms with van der Waals surface area (Å²) in [6.07, 6.45) is 0.782. The number of nitrogens with one attached hydrogen (secondary N) is 1. The lowest BCUT2D eigenvalue weighted by molar-refractivity contribution is -0.137. The summed E-state index contributed by atoms with van der Waals surface area (Å²) in [7, 11) is 1.55. The van der Waals surface area contributed by atoms with Gasteiger partial charge in [0.05, 0.1) is 6.54 Å². The Bertz CT molecular complexity index is 420. The number of amides is 2. The Balaban J connectivity index is 2.78. The first-order valence-corrected chi connectivity index (χ1v) is 6.40. The number of likely N-dealkylation sites (N-methyl/N-ethyl adjacent to an activating group) is 1. The third-order valence-electron chi connectivity index (χ3n) is 2.84. The Kier molecular flexibility index (Phi) is 6.02. The molecule has 1 atom stereocenters. The highest BCUT2D eigenvalue weighted by molar-refractivity contribution is 5.88. The normalized spacial score (nSPS) is 11.7. The van der Waals surface area contributed by atoms with Crippen LogP contribution in [0, 0.1) is 0 Å². The standard InChI is InChI=1S/C14H21N3O2/c1-3-9-17(10-12(18)16-2)14(19)13(15)11-7-5-4-6-8-11/h4-8,13H,3,9-10,15H2,1-2H3,(H,16,18)/t13-/m0/s1. The Hall–Kier alpha value is -1.88. The molecule has 1 aromatic rings. The number of benzene rings is 1. The quantitative estimate of drug-likeness (QED) is 0.792. The molecule has 0 saturated carbocycles. The second kappa shape index (κ2) is 7.53. The predicted molar refractivity (Wildman–Crippen MR) is 74.3 cm³/mol. The number of carbonyl (C=O) groups is 2. The molecule has 2 amide bonds. The van der Waals surface area contributed by atoms with Crippen molar-refractivity contribution in [2.75, 3.05) is 20.1 Å². The summed E-state index contributed by atoms with van der Waals surface area (Å²) in [6.45, 7) is 2.52. The van der Waals surface area contributed by atoms with Gasteiger partial charge in [0.1, 0.15) is 6.04 Å². The first kappa shape index (κ1) is 15.2. The van der Waals surface area contributed by atoms with E-state index in [4.69, 9.17) is 5.73 Å². The Morgan fingerprint density at radius 3 is 2.47 bits per heavy atom. The van der Waals surface area contributed by atoms with Crippen LogP contribution in [0.4, 0.5) is 0 Å². The molecule has 0 aliphatic rings. The molecule has 104 valence electrons. The number of hydrogen-bond donors (Lipinski definition) is 2. The number of nitrogens with zero attached hydrogens (tertiary/aromatic N) is 1. The van der Waals surface area contributed by atoms with Crippen molar-refractivity contribution in [3.05, 3.63) is 35.9 Å². The van der Waals surface area contributed by atoms with Crippen molar-refractivity contribution in [3.63, 3.8) is 0 Å². The molecule has 0 aliphatic heterocycles. The van der Waals surface area contributed by atoms with E-state index in [9.17, 15) is 9.59 Å². The maximum atomic E-state index is 12.3. The fourth-order valence-corrected chi connectivity index (χ4v) is 1.79. The van der Waals surface area contributed by atoms with Crippen LogP contribution < -0.4 is 11.1 Å². The summed E-state index contributed by atoms with van der Waals surface area (Å²) in [5, 5.41) is 2.51. The van der Waals surface area contributed by atoms with Gasteiger partial charge >= 0.3 is 0 Å². The van der Waals surface area contributed by atoms with E-state index in [0.29, 0.717) is 6.54 Å². The Morgan fingerprint density at radius 1 is 1.32 bits per heavy atom. The molecule has 0 fully saturated rings. The minimum Gasteiger partial charge on any atom is -0.358 e. The van der Waals surface area contributed by atoms with Crippen molar-refractivity contribution in [2.24, 2.45) is 5.73 Å². The van der Waals surface area contributed by atoms with Crippen LogP contribution in [0.2, 0.25) is 0 Å². The lowest BCUT2D eigenvalue weighted by Crippen LogP contribution is -2.44. The molecule has 0 bridgehead atoms. The first-order valence-electron chi connectivity index (χ1n) is 6.40. The topological polar surface area (TPSA) is 75.4 Å². The average Bonchev–Trinajstić information content (AvgIpc) is 2.46. The van der Waals surface area contributed by atoms with Gasteiger partial charge in [0.15, 0.2) is 0 Å². The molecule has 1 aromatic carbocycles. The zero-order valence-electron chi connectivity index (χ0n) is 11.4. The van der Waals surface area contributed by atoms with Crippen LogP contribution in [0.1, 0.15) is 24.9 Å². The van der Waals surface area contributed by atoms with Crippen LogP contribution in [-0.2, 0) is 9.59 Å². The third-order valence-corrected chi connectivity index (χ3v) is 2.84. The molecule has 5 nitrogen and oxygen atoms in total. The lowest BCUT2D eigenvalue weighted by atomic mass is 10.1. The molecule has 19 heavy (non-hydrogen) atoms. The van der Waals surface area contributed by atoms with Crippen molar-refractivity contribution in [2.45, 2.75) is 19.4 Å². The minimum absolute atomic E-state index is 0.0453. The van der Waals surface area contributed by atoms with Crippen LogP contribution in [0.3, 0.4) is 0 Å². The number of nitrogens with two attached hydrogens (primary N) is 1. The molecule has 0 heterocycles. The molecule has 0 saturated heterocycles. The SMILES string of the molecule is CCCN(CC(=O)NC)C(=O)[C@@H](N)c1ccccc1. The molecular formula is C14H21N3O2. The number of rotatable bonds is 6. The van der Waals surface area contributed by atoms with E-state index in [1.807, 2.05) is 37.3 Å². The van der Waals surface area contributed by atoms with Gasteiger partial charge in [-0.05, 0) is 12.0 Å². The lowest BCUT2D eigenvalue weighted by Gasteiger charge is -2.24. The van der Waals surface area contributed by atoms with E-state index in [0.717, 1.165) is 12.0 Å². The molecule has 0 spiro atoms. The summed E-state index contributed by atoms with van der Waals surface area (Å²) in [5.41, 5.74) is 6.72. The molecular weight excluding hydrogens is 242 g/mol. The Morgan fingerprint density at radius 2 is 1.95 bits per heavy atom. The third kappa shape index (κ3) is 4.37. The summed E-state index contributed by atoms with van der Waals surface area (Å²) in [6, 6.07) is 8.45. The van der Waals surface area contributed by atoms with Crippen molar-refractivity contribution < 1.29 is 9.59 Å². The van der Waals surface area contributed by atoms with Gasteiger partial charge in [0, 0.05) is 13.6 Å². The van der Waals surface area contributed by atoms with E-state index >= 15 is 0 Å². The second-order valence-electron chi connectivity index (χ2n) is 4.32. The molecule has 5 heteroatoms. The van der Waals surface area contributed by atoms with E-state index in [-0.39, 0.29) is 18.4 Å². The number of carbonyl (C=O) groups excluding carboxylic acids is 2. The minimum atomic E-state index is -0.725. The van der Waals surface area contributed by atoms with Gasteiger partial charge in [0.2, 0.25) is 11.8 Å². The van der Waals surface area contributed by atoms with Crippen molar-refractivity contribution >= 4 is 11.8 Å². The zero-order valence-corrected chi connectivity index (χ0v) is 11.4. The van der Waals surface area contributed by atoms with E-state index in [1.165, 1.54) is 4.90 Å². The largest absolute Gasteiger partial charge is 0.358 e. The van der Waals surface area contributed by atoms with Gasteiger partial charge in [0.25, 0.3) is 0 Å². The second-order valence-corrected chi connectivity index (χ2v) is 4.32. The highest BCUT2D eigenvalue weighted by atomic mass is 16.2. The summed E-state index contributed by atoms with van der Waals surface area (Å²) in [5.74, 6) is -0.418. The van der Waals surface area contributed by atoms with Gasteiger partial charge in [-0.25, -0.2) is 0 Å². The molecule has 3 N–H and O–H groups in total. The van der Waals surface area contributed by atoms with Crippen molar-refractivity contribution in [1.82, 2.24) is 10.2 Å². The van der Waals surface area contributed by atoms with E-state index < -0.39 is 6.04 Å². The Labute approximate surface area is 113 Å². The predicted octanol–water partition coefficient (Wildman–Crippen LogP) is 0.671. The van der Waals surface area contributed by atoms with Crippen LogP contribution in [0.15, 0.2) is 30.3 Å². The first-order chi connectivity index (χ1) is 9.10. The van der Waals surface area contributed by atoms with Gasteiger partial charge < -0.3 is 16.0 Å². The van der Waals surface area contributed by atoms with Gasteiger partial charge in [-0.2, -0.15) is 0 Å². The van der Waals surface area contributed by atoms with Gasteiger partial charge in [-0.1, -0.05) is 37.3 Å². The van der Waals surface area contributed by atoms with Crippen LogP contribution in [0.25, 0.3) is 0 Å². The monoisotopic (exact) mass is 263 g/mol. The fraction of sp³-hybridized carbons (Fsp3) is 0.429. The molecule has 1 rings (SSSR count). The molecule has 0 unspecified atom stereocenters. The average molecular weight is 263 g/mol. The van der Waals surface area contributed by atoms with Crippen LogP contribution in [0.5, 0.6) is 0 Å². The highest BCUT2D eigenvalue weighted by Gasteiger charge is 2.23.